The highest BCUT2D eigenvalue weighted by molar-refractivity contribution is 6.05. The molecule has 0 radical (unpaired) electrons. The van der Waals surface area contributed by atoms with Gasteiger partial charge in [-0.25, -0.2) is 0 Å². The lowest BCUT2D eigenvalue weighted by Crippen LogP contribution is -2.34. The van der Waals surface area contributed by atoms with E-state index in [2.05, 4.69) is 10.4 Å². The number of nitrogens with zero attached hydrogens (tertiary/aromatic N) is 2. The number of hydrogen-bond acceptors (Lipinski definition) is 3. The van der Waals surface area contributed by atoms with Crippen molar-refractivity contribution in [3.63, 3.8) is 0 Å². The summed E-state index contributed by atoms with van der Waals surface area (Å²) < 4.78 is 40.1. The van der Waals surface area contributed by atoms with Crippen LogP contribution in [0, 0.1) is 5.92 Å². The molecule has 0 spiro atoms. The Bertz CT molecular complexity index is 1230. The highest BCUT2D eigenvalue weighted by atomic mass is 19.4. The normalized spacial score (nSPS) is 16.7. The average molecular weight is 457 g/mol. The Labute approximate surface area is 187 Å². The topological polar surface area (TPSA) is 84.2 Å². The molecule has 6 nitrogen and oxygen atoms in total. The molecule has 9 heteroatoms. The summed E-state index contributed by atoms with van der Waals surface area (Å²) in [6.07, 6.45) is -0.0139. The monoisotopic (exact) mass is 457 g/mol. The van der Waals surface area contributed by atoms with Crippen LogP contribution in [-0.2, 0) is 17.5 Å². The number of nitrogens with one attached hydrogen (secondary N) is 1. The zero-order valence-electron chi connectivity index (χ0n) is 17.8. The second kappa shape index (κ2) is 8.73. The minimum absolute atomic E-state index is 0.194. The summed E-state index contributed by atoms with van der Waals surface area (Å²) in [6, 6.07) is 9.91. The molecule has 33 heavy (non-hydrogen) atoms. The standard InChI is InChI=1S/C24H22F3N3O3/c1-14(9-16-10-18(11-16)23(32)33)29-22(31)20-4-2-3-17-12-28-30(21(17)20)13-15-5-7-19(8-6-15)24(25,26)27/h2-8,10,12,14,18H,9,11,13H2,1H3,(H,29,31)(H,32,33)/t14?,18-/m0/s1. The zero-order chi connectivity index (χ0) is 23.8. The molecular weight excluding hydrogens is 435 g/mol. The van der Waals surface area contributed by atoms with E-state index < -0.39 is 23.6 Å². The van der Waals surface area contributed by atoms with E-state index in [1.54, 1.807) is 29.1 Å². The van der Waals surface area contributed by atoms with Crippen molar-refractivity contribution in [3.8, 4) is 0 Å². The third-order valence-corrected chi connectivity index (χ3v) is 5.70. The van der Waals surface area contributed by atoms with Crippen molar-refractivity contribution in [2.24, 2.45) is 5.92 Å². The molecule has 2 aromatic carbocycles. The summed E-state index contributed by atoms with van der Waals surface area (Å²) in [6.45, 7) is 2.07. The Morgan fingerprint density at radius 3 is 2.55 bits per heavy atom. The number of carbonyl (C=O) groups is 2. The molecule has 0 saturated heterocycles. The number of halogens is 3. The van der Waals surface area contributed by atoms with E-state index in [4.69, 9.17) is 5.11 Å². The van der Waals surface area contributed by atoms with Crippen LogP contribution in [0.25, 0.3) is 10.9 Å². The van der Waals surface area contributed by atoms with E-state index in [-0.39, 0.29) is 18.5 Å². The van der Waals surface area contributed by atoms with Gasteiger partial charge in [0.15, 0.2) is 0 Å². The molecule has 0 bridgehead atoms. The van der Waals surface area contributed by atoms with E-state index >= 15 is 0 Å². The van der Waals surface area contributed by atoms with Crippen LogP contribution >= 0.6 is 0 Å². The Morgan fingerprint density at radius 2 is 1.91 bits per heavy atom. The van der Waals surface area contributed by atoms with Gasteiger partial charge in [-0.05, 0) is 43.5 Å². The Morgan fingerprint density at radius 1 is 1.21 bits per heavy atom. The molecule has 0 aliphatic heterocycles. The SMILES string of the molecule is CC(CC1=C[C@H](C(=O)O)C1)NC(=O)c1cccc2cnn(Cc3ccc(C(F)(F)F)cc3)c12. The maximum atomic E-state index is 13.0. The first kappa shape index (κ1) is 22.6. The molecule has 3 aromatic rings. The minimum atomic E-state index is -4.40. The molecule has 0 saturated carbocycles. The van der Waals surface area contributed by atoms with Crippen LogP contribution < -0.4 is 5.32 Å². The van der Waals surface area contributed by atoms with Crippen molar-refractivity contribution < 1.29 is 27.9 Å². The lowest BCUT2D eigenvalue weighted by molar-refractivity contribution is -0.140. The zero-order valence-corrected chi connectivity index (χ0v) is 17.8. The maximum Gasteiger partial charge on any atom is 0.416 e. The quantitative estimate of drug-likeness (QED) is 0.506. The number of carbonyl (C=O) groups excluding carboxylic acids is 1. The van der Waals surface area contributed by atoms with Gasteiger partial charge >= 0.3 is 12.1 Å². The first-order chi connectivity index (χ1) is 15.6. The Kier molecular flexibility index (Phi) is 5.97. The fourth-order valence-electron chi connectivity index (χ4n) is 4.01. The van der Waals surface area contributed by atoms with E-state index in [9.17, 15) is 22.8 Å². The van der Waals surface area contributed by atoms with Gasteiger partial charge in [-0.15, -0.1) is 0 Å². The van der Waals surface area contributed by atoms with Gasteiger partial charge in [-0.1, -0.05) is 35.9 Å². The van der Waals surface area contributed by atoms with Crippen molar-refractivity contribution in [2.75, 3.05) is 0 Å². The largest absolute Gasteiger partial charge is 0.481 e. The van der Waals surface area contributed by atoms with Gasteiger partial charge < -0.3 is 10.4 Å². The number of alkyl halides is 3. The molecule has 1 amide bonds. The van der Waals surface area contributed by atoms with E-state index in [1.165, 1.54) is 12.1 Å². The van der Waals surface area contributed by atoms with Gasteiger partial charge in [0.1, 0.15) is 0 Å². The Balaban J connectivity index is 1.50. The number of carboxylic acid groups (broad SMARTS) is 1. The minimum Gasteiger partial charge on any atom is -0.481 e. The first-order valence-electron chi connectivity index (χ1n) is 10.5. The third kappa shape index (κ3) is 4.92. The van der Waals surface area contributed by atoms with Crippen LogP contribution in [0.4, 0.5) is 13.2 Å². The molecule has 1 aliphatic rings. The van der Waals surface area contributed by atoms with Crippen LogP contribution in [0.3, 0.4) is 0 Å². The fourth-order valence-corrected chi connectivity index (χ4v) is 4.01. The summed E-state index contributed by atoms with van der Waals surface area (Å²) in [5, 5.41) is 17.0. The second-order valence-corrected chi connectivity index (χ2v) is 8.29. The Hall–Kier alpha value is -3.62. The van der Waals surface area contributed by atoms with Gasteiger partial charge in [-0.3, -0.25) is 14.3 Å². The van der Waals surface area contributed by atoms with Crippen LogP contribution in [0.5, 0.6) is 0 Å². The number of para-hydroxylation sites is 1. The summed E-state index contributed by atoms with van der Waals surface area (Å²) >= 11 is 0. The second-order valence-electron chi connectivity index (χ2n) is 8.29. The van der Waals surface area contributed by atoms with Crippen LogP contribution in [0.2, 0.25) is 0 Å². The van der Waals surface area contributed by atoms with Crippen molar-refractivity contribution >= 4 is 22.8 Å². The number of benzene rings is 2. The third-order valence-electron chi connectivity index (χ3n) is 5.70. The number of rotatable bonds is 7. The molecule has 1 unspecified atom stereocenters. The molecule has 172 valence electrons. The highest BCUT2D eigenvalue weighted by Crippen LogP contribution is 2.30. The van der Waals surface area contributed by atoms with Crippen LogP contribution in [0.15, 0.2) is 60.3 Å². The first-order valence-corrected chi connectivity index (χ1v) is 10.5. The predicted octanol–water partition coefficient (Wildman–Crippen LogP) is 4.64. The lowest BCUT2D eigenvalue weighted by atomic mass is 9.83. The van der Waals surface area contributed by atoms with Gasteiger partial charge in [-0.2, -0.15) is 18.3 Å². The highest BCUT2D eigenvalue weighted by Gasteiger charge is 2.30. The fraction of sp³-hybridized carbons (Fsp3) is 0.292. The summed E-state index contributed by atoms with van der Waals surface area (Å²) in [5.74, 6) is -1.59. The molecule has 1 aliphatic carbocycles. The average Bonchev–Trinajstić information content (AvgIpc) is 3.12. The van der Waals surface area contributed by atoms with Gasteiger partial charge in [0.2, 0.25) is 0 Å². The lowest BCUT2D eigenvalue weighted by Gasteiger charge is -2.25. The van der Waals surface area contributed by atoms with Crippen molar-refractivity contribution in [1.82, 2.24) is 15.1 Å². The van der Waals surface area contributed by atoms with E-state index in [1.807, 2.05) is 13.0 Å². The summed E-state index contributed by atoms with van der Waals surface area (Å²) in [7, 11) is 0. The number of hydrogen-bond donors (Lipinski definition) is 2. The number of carboxylic acids is 1. The maximum absolute atomic E-state index is 13.0. The van der Waals surface area contributed by atoms with Crippen molar-refractivity contribution in [2.45, 2.75) is 38.5 Å². The van der Waals surface area contributed by atoms with Crippen molar-refractivity contribution in [3.05, 3.63) is 77.0 Å². The molecule has 2 N–H and O–H groups in total. The molecule has 4 rings (SSSR count). The van der Waals surface area contributed by atoms with Crippen LogP contribution in [0.1, 0.15) is 41.3 Å². The smallest absolute Gasteiger partial charge is 0.416 e. The number of fused-ring (bicyclic) bond motifs is 1. The molecular formula is C24H22F3N3O3. The van der Waals surface area contributed by atoms with Gasteiger partial charge in [0.05, 0.1) is 35.3 Å². The van der Waals surface area contributed by atoms with Crippen molar-refractivity contribution in [1.29, 1.82) is 0 Å². The van der Waals surface area contributed by atoms with Gasteiger partial charge in [0.25, 0.3) is 5.91 Å². The molecule has 0 fully saturated rings. The summed E-state index contributed by atoms with van der Waals surface area (Å²) in [4.78, 5) is 23.9. The predicted molar refractivity (Wildman–Crippen MR) is 116 cm³/mol. The van der Waals surface area contributed by atoms with E-state index in [0.717, 1.165) is 23.1 Å². The number of aromatic nitrogens is 2. The molecule has 1 aromatic heterocycles. The number of aliphatic carboxylic acids is 1. The molecule has 1 heterocycles. The van der Waals surface area contributed by atoms with E-state index in [0.29, 0.717) is 29.5 Å². The van der Waals surface area contributed by atoms with Gasteiger partial charge in [0, 0.05) is 11.4 Å². The van der Waals surface area contributed by atoms with Crippen LogP contribution in [-0.4, -0.2) is 32.8 Å². The number of amides is 1. The molecule has 2 atom stereocenters. The summed E-state index contributed by atoms with van der Waals surface area (Å²) in [5.41, 5.74) is 1.91.